The van der Waals surface area contributed by atoms with Crippen LogP contribution in [0.2, 0.25) is 5.02 Å². The van der Waals surface area contributed by atoms with Crippen molar-refractivity contribution < 1.29 is 14.6 Å². The molecule has 27 heavy (non-hydrogen) atoms. The van der Waals surface area contributed by atoms with Crippen LogP contribution in [0.25, 0.3) is 0 Å². The van der Waals surface area contributed by atoms with E-state index in [1.165, 1.54) is 11.1 Å². The quantitative estimate of drug-likeness (QED) is 0.706. The SMILES string of the molecule is CCOC(=O)c1ccc2c(c1)CC(CNCC(O)c1cccc(Cl)c1)CC2. The topological polar surface area (TPSA) is 58.6 Å². The molecule has 2 N–H and O–H groups in total. The second kappa shape index (κ2) is 9.36. The summed E-state index contributed by atoms with van der Waals surface area (Å²) < 4.78 is 5.10. The smallest absolute Gasteiger partial charge is 0.338 e. The Morgan fingerprint density at radius 1 is 1.30 bits per heavy atom. The standard InChI is InChI=1S/C22H26ClNO3/c1-2-27-22(26)18-9-8-16-7-6-15(10-19(16)11-18)13-24-14-21(25)17-4-3-5-20(23)12-17/h3-5,8-9,11-12,15,21,24-25H,2,6-7,10,13-14H2,1H3. The molecule has 0 radical (unpaired) electrons. The average Bonchev–Trinajstić information content (AvgIpc) is 2.67. The van der Waals surface area contributed by atoms with Crippen molar-refractivity contribution in [1.29, 1.82) is 0 Å². The first kappa shape index (κ1) is 19.9. The third-order valence-corrected chi connectivity index (χ3v) is 5.29. The van der Waals surface area contributed by atoms with Crippen molar-refractivity contribution in [3.63, 3.8) is 0 Å². The number of ether oxygens (including phenoxy) is 1. The summed E-state index contributed by atoms with van der Waals surface area (Å²) in [5.41, 5.74) is 4.00. The number of benzene rings is 2. The minimum Gasteiger partial charge on any atom is -0.462 e. The van der Waals surface area contributed by atoms with Gasteiger partial charge in [-0.3, -0.25) is 0 Å². The van der Waals surface area contributed by atoms with Crippen LogP contribution in [-0.2, 0) is 17.6 Å². The van der Waals surface area contributed by atoms with Gasteiger partial charge in [0.15, 0.2) is 0 Å². The van der Waals surface area contributed by atoms with Crippen LogP contribution in [-0.4, -0.2) is 30.8 Å². The van der Waals surface area contributed by atoms with Crippen molar-refractivity contribution in [3.8, 4) is 0 Å². The molecule has 2 aromatic rings. The van der Waals surface area contributed by atoms with Crippen LogP contribution in [0.3, 0.4) is 0 Å². The second-order valence-electron chi connectivity index (χ2n) is 7.04. The lowest BCUT2D eigenvalue weighted by Gasteiger charge is -2.26. The van der Waals surface area contributed by atoms with Gasteiger partial charge >= 0.3 is 5.97 Å². The number of fused-ring (bicyclic) bond motifs is 1. The molecule has 0 fully saturated rings. The van der Waals surface area contributed by atoms with E-state index in [1.807, 2.05) is 37.3 Å². The van der Waals surface area contributed by atoms with Crippen LogP contribution in [0.1, 0.15) is 46.5 Å². The van der Waals surface area contributed by atoms with E-state index in [2.05, 4.69) is 5.32 Å². The molecule has 3 rings (SSSR count). The summed E-state index contributed by atoms with van der Waals surface area (Å²) in [6, 6.07) is 13.2. The van der Waals surface area contributed by atoms with E-state index in [-0.39, 0.29) is 5.97 Å². The van der Waals surface area contributed by atoms with Crippen LogP contribution >= 0.6 is 11.6 Å². The fourth-order valence-electron chi connectivity index (χ4n) is 3.60. The molecule has 0 amide bonds. The Kier molecular flexibility index (Phi) is 6.89. The molecule has 0 saturated heterocycles. The van der Waals surface area contributed by atoms with E-state index >= 15 is 0 Å². The molecule has 144 valence electrons. The van der Waals surface area contributed by atoms with Gasteiger partial charge in [-0.2, -0.15) is 0 Å². The summed E-state index contributed by atoms with van der Waals surface area (Å²) in [6.07, 6.45) is 2.48. The number of hydrogen-bond donors (Lipinski definition) is 2. The Labute approximate surface area is 165 Å². The summed E-state index contributed by atoms with van der Waals surface area (Å²) >= 11 is 5.98. The Bertz CT molecular complexity index is 793. The largest absolute Gasteiger partial charge is 0.462 e. The molecule has 0 bridgehead atoms. The Balaban J connectivity index is 1.53. The van der Waals surface area contributed by atoms with E-state index in [0.717, 1.165) is 31.4 Å². The molecule has 0 heterocycles. The normalized spacial score (nSPS) is 17.2. The molecule has 2 atom stereocenters. The van der Waals surface area contributed by atoms with Gasteiger partial charge in [0.25, 0.3) is 0 Å². The van der Waals surface area contributed by atoms with E-state index in [4.69, 9.17) is 16.3 Å². The van der Waals surface area contributed by atoms with Crippen molar-refractivity contribution in [2.24, 2.45) is 5.92 Å². The van der Waals surface area contributed by atoms with Gasteiger partial charge in [-0.25, -0.2) is 4.79 Å². The minimum atomic E-state index is -0.574. The van der Waals surface area contributed by atoms with Gasteiger partial charge in [-0.1, -0.05) is 29.8 Å². The summed E-state index contributed by atoms with van der Waals surface area (Å²) in [5, 5.41) is 14.3. The summed E-state index contributed by atoms with van der Waals surface area (Å²) in [5.74, 6) is 0.228. The van der Waals surface area contributed by atoms with Crippen LogP contribution < -0.4 is 5.32 Å². The molecule has 1 aliphatic rings. The lowest BCUT2D eigenvalue weighted by Crippen LogP contribution is -2.30. The van der Waals surface area contributed by atoms with Gasteiger partial charge in [-0.15, -0.1) is 0 Å². The number of halogens is 1. The molecule has 2 unspecified atom stereocenters. The molecule has 5 heteroatoms. The van der Waals surface area contributed by atoms with Crippen molar-refractivity contribution in [3.05, 3.63) is 69.7 Å². The maximum Gasteiger partial charge on any atom is 0.338 e. The number of aryl methyl sites for hydroxylation is 1. The maximum atomic E-state index is 11.9. The molecule has 0 aromatic heterocycles. The molecular formula is C22H26ClNO3. The number of aliphatic hydroxyl groups is 1. The first-order valence-electron chi connectivity index (χ1n) is 9.50. The lowest BCUT2D eigenvalue weighted by atomic mass is 9.83. The predicted molar refractivity (Wildman–Crippen MR) is 107 cm³/mol. The molecule has 4 nitrogen and oxygen atoms in total. The Morgan fingerprint density at radius 3 is 2.93 bits per heavy atom. The number of aliphatic hydroxyl groups excluding tert-OH is 1. The third kappa shape index (κ3) is 5.32. The minimum absolute atomic E-state index is 0.259. The monoisotopic (exact) mass is 387 g/mol. The molecule has 0 saturated carbocycles. The van der Waals surface area contributed by atoms with Crippen molar-refractivity contribution in [1.82, 2.24) is 5.32 Å². The number of carbonyl (C=O) groups excluding carboxylic acids is 1. The van der Waals surface area contributed by atoms with E-state index < -0.39 is 6.10 Å². The average molecular weight is 388 g/mol. The Morgan fingerprint density at radius 2 is 2.15 bits per heavy atom. The number of carbonyl (C=O) groups is 1. The molecule has 0 spiro atoms. The number of esters is 1. The van der Waals surface area contributed by atoms with Gasteiger partial charge in [0.2, 0.25) is 0 Å². The van der Waals surface area contributed by atoms with Crippen molar-refractivity contribution >= 4 is 17.6 Å². The van der Waals surface area contributed by atoms with Gasteiger partial charge < -0.3 is 15.2 Å². The van der Waals surface area contributed by atoms with E-state index in [1.54, 1.807) is 12.1 Å². The lowest BCUT2D eigenvalue weighted by molar-refractivity contribution is 0.0526. The highest BCUT2D eigenvalue weighted by molar-refractivity contribution is 6.30. The maximum absolute atomic E-state index is 11.9. The van der Waals surface area contributed by atoms with Crippen LogP contribution in [0, 0.1) is 5.92 Å². The first-order chi connectivity index (χ1) is 13.1. The zero-order valence-electron chi connectivity index (χ0n) is 15.6. The van der Waals surface area contributed by atoms with Crippen molar-refractivity contribution in [2.75, 3.05) is 19.7 Å². The van der Waals surface area contributed by atoms with Crippen LogP contribution in [0.15, 0.2) is 42.5 Å². The molecular weight excluding hydrogens is 362 g/mol. The van der Waals surface area contributed by atoms with Crippen molar-refractivity contribution in [2.45, 2.75) is 32.3 Å². The Hall–Kier alpha value is -1.88. The number of nitrogens with one attached hydrogen (secondary N) is 1. The van der Waals surface area contributed by atoms with E-state index in [0.29, 0.717) is 29.7 Å². The van der Waals surface area contributed by atoms with Crippen LogP contribution in [0.5, 0.6) is 0 Å². The van der Waals surface area contributed by atoms with E-state index in [9.17, 15) is 9.90 Å². The highest BCUT2D eigenvalue weighted by Crippen LogP contribution is 2.26. The fraction of sp³-hybridized carbons (Fsp3) is 0.409. The molecule has 0 aliphatic heterocycles. The predicted octanol–water partition coefficient (Wildman–Crippen LogP) is 3.94. The highest BCUT2D eigenvalue weighted by Gasteiger charge is 2.20. The summed E-state index contributed by atoms with van der Waals surface area (Å²) in [6.45, 7) is 3.53. The third-order valence-electron chi connectivity index (χ3n) is 5.05. The second-order valence-corrected chi connectivity index (χ2v) is 7.48. The first-order valence-corrected chi connectivity index (χ1v) is 9.87. The number of rotatable bonds is 7. The van der Waals surface area contributed by atoms with Gasteiger partial charge in [0, 0.05) is 11.6 Å². The van der Waals surface area contributed by atoms with Gasteiger partial charge in [-0.05, 0) is 79.6 Å². The molecule has 1 aliphatic carbocycles. The number of hydrogen-bond acceptors (Lipinski definition) is 4. The zero-order chi connectivity index (χ0) is 19.2. The van der Waals surface area contributed by atoms with Crippen LogP contribution in [0.4, 0.5) is 0 Å². The summed E-state index contributed by atoms with van der Waals surface area (Å²) in [4.78, 5) is 11.9. The fourth-order valence-corrected chi connectivity index (χ4v) is 3.80. The summed E-state index contributed by atoms with van der Waals surface area (Å²) in [7, 11) is 0. The zero-order valence-corrected chi connectivity index (χ0v) is 16.3. The highest BCUT2D eigenvalue weighted by atomic mass is 35.5. The molecule has 2 aromatic carbocycles. The van der Waals surface area contributed by atoms with Gasteiger partial charge in [0.1, 0.15) is 0 Å². The van der Waals surface area contributed by atoms with Gasteiger partial charge in [0.05, 0.1) is 18.3 Å².